The second-order valence-corrected chi connectivity index (χ2v) is 6.57. The Morgan fingerprint density at radius 1 is 1.04 bits per heavy atom. The van der Waals surface area contributed by atoms with Crippen LogP contribution in [0.3, 0.4) is 0 Å². The summed E-state index contributed by atoms with van der Waals surface area (Å²) in [6, 6.07) is 14.1. The predicted octanol–water partition coefficient (Wildman–Crippen LogP) is 3.04. The second-order valence-electron chi connectivity index (χ2n) is 6.57. The number of anilines is 3. The molecule has 2 N–H and O–H groups in total. The van der Waals surface area contributed by atoms with Gasteiger partial charge in [0, 0.05) is 36.4 Å². The maximum atomic E-state index is 12.6. The Hall–Kier alpha value is -3.35. The third kappa shape index (κ3) is 4.49. The van der Waals surface area contributed by atoms with Crippen molar-refractivity contribution in [3.8, 4) is 5.75 Å². The first-order valence-corrected chi connectivity index (χ1v) is 9.15. The molecule has 0 radical (unpaired) electrons. The van der Waals surface area contributed by atoms with Gasteiger partial charge < -0.3 is 20.3 Å². The number of amides is 3. The molecule has 1 atom stereocenters. The molecule has 0 spiro atoms. The lowest BCUT2D eigenvalue weighted by molar-refractivity contribution is -0.122. The molecule has 1 aliphatic heterocycles. The highest BCUT2D eigenvalue weighted by atomic mass is 16.5. The maximum Gasteiger partial charge on any atom is 0.229 e. The normalized spacial score (nSPS) is 16.0. The molecule has 7 heteroatoms. The van der Waals surface area contributed by atoms with Gasteiger partial charge in [0.05, 0.1) is 13.0 Å². The SMILES string of the molecule is CCC(=O)Nc1ccc(NC(=O)C2CC(=O)N(c3ccc(OC)cc3)C2)cc1. The van der Waals surface area contributed by atoms with Crippen molar-refractivity contribution in [1.29, 1.82) is 0 Å². The van der Waals surface area contributed by atoms with Crippen molar-refractivity contribution in [1.82, 2.24) is 0 Å². The van der Waals surface area contributed by atoms with E-state index in [1.54, 1.807) is 67.5 Å². The lowest BCUT2D eigenvalue weighted by atomic mass is 10.1. The van der Waals surface area contributed by atoms with Gasteiger partial charge >= 0.3 is 0 Å². The van der Waals surface area contributed by atoms with Gasteiger partial charge in [-0.05, 0) is 48.5 Å². The Labute approximate surface area is 163 Å². The molecule has 0 bridgehead atoms. The minimum Gasteiger partial charge on any atom is -0.497 e. The number of hydrogen-bond donors (Lipinski definition) is 2. The second kappa shape index (κ2) is 8.56. The maximum absolute atomic E-state index is 12.6. The molecule has 0 saturated carbocycles. The lowest BCUT2D eigenvalue weighted by Gasteiger charge is -2.17. The van der Waals surface area contributed by atoms with Crippen molar-refractivity contribution in [2.45, 2.75) is 19.8 Å². The van der Waals surface area contributed by atoms with Crippen molar-refractivity contribution in [2.24, 2.45) is 5.92 Å². The summed E-state index contributed by atoms with van der Waals surface area (Å²) in [5.41, 5.74) is 2.04. The third-order valence-electron chi connectivity index (χ3n) is 4.64. The molecule has 1 fully saturated rings. The number of nitrogens with one attached hydrogen (secondary N) is 2. The Balaban J connectivity index is 1.60. The fraction of sp³-hybridized carbons (Fsp3) is 0.286. The van der Waals surface area contributed by atoms with Gasteiger partial charge in [-0.15, -0.1) is 0 Å². The van der Waals surface area contributed by atoms with E-state index >= 15 is 0 Å². The van der Waals surface area contributed by atoms with Gasteiger partial charge in [-0.1, -0.05) is 6.92 Å². The molecule has 1 heterocycles. The number of hydrogen-bond acceptors (Lipinski definition) is 4. The van der Waals surface area contributed by atoms with Crippen LogP contribution in [0.4, 0.5) is 17.1 Å². The first-order valence-electron chi connectivity index (χ1n) is 9.15. The summed E-state index contributed by atoms with van der Waals surface area (Å²) in [4.78, 5) is 37.9. The summed E-state index contributed by atoms with van der Waals surface area (Å²) < 4.78 is 5.13. The first kappa shape index (κ1) is 19.4. The van der Waals surface area contributed by atoms with Crippen LogP contribution in [-0.2, 0) is 14.4 Å². The van der Waals surface area contributed by atoms with E-state index in [4.69, 9.17) is 4.74 Å². The van der Waals surface area contributed by atoms with Crippen LogP contribution in [0.2, 0.25) is 0 Å². The van der Waals surface area contributed by atoms with Gasteiger partial charge in [0.1, 0.15) is 5.75 Å². The Morgan fingerprint density at radius 2 is 1.64 bits per heavy atom. The number of carbonyl (C=O) groups is 3. The zero-order valence-corrected chi connectivity index (χ0v) is 15.9. The highest BCUT2D eigenvalue weighted by Crippen LogP contribution is 2.27. The van der Waals surface area contributed by atoms with Crippen molar-refractivity contribution in [3.63, 3.8) is 0 Å². The van der Waals surface area contributed by atoms with Crippen LogP contribution in [0.15, 0.2) is 48.5 Å². The topological polar surface area (TPSA) is 87.7 Å². The first-order chi connectivity index (χ1) is 13.5. The number of methoxy groups -OCH3 is 1. The average molecular weight is 381 g/mol. The molecule has 1 saturated heterocycles. The van der Waals surface area contributed by atoms with Crippen LogP contribution in [0, 0.1) is 5.92 Å². The predicted molar refractivity (Wildman–Crippen MR) is 107 cm³/mol. The summed E-state index contributed by atoms with van der Waals surface area (Å²) in [5.74, 6) is -0.0603. The molecule has 2 aromatic rings. The molecular weight excluding hydrogens is 358 g/mol. The standard InChI is InChI=1S/C21H23N3O4/c1-3-19(25)22-15-4-6-16(7-5-15)23-21(27)14-12-20(26)24(13-14)17-8-10-18(28-2)11-9-17/h4-11,14H,3,12-13H2,1-2H3,(H,22,25)(H,23,27). The lowest BCUT2D eigenvalue weighted by Crippen LogP contribution is -2.28. The molecule has 7 nitrogen and oxygen atoms in total. The molecule has 28 heavy (non-hydrogen) atoms. The van der Waals surface area contributed by atoms with E-state index in [-0.39, 0.29) is 24.1 Å². The minimum absolute atomic E-state index is 0.0696. The van der Waals surface area contributed by atoms with Gasteiger partial charge in [-0.3, -0.25) is 14.4 Å². The molecule has 1 aliphatic rings. The van der Waals surface area contributed by atoms with E-state index in [0.29, 0.717) is 30.1 Å². The Bertz CT molecular complexity index is 862. The van der Waals surface area contributed by atoms with Crippen LogP contribution in [0.5, 0.6) is 5.75 Å². The number of ether oxygens (including phenoxy) is 1. The summed E-state index contributed by atoms with van der Waals surface area (Å²) in [6.45, 7) is 2.11. The molecule has 2 aromatic carbocycles. The van der Waals surface area contributed by atoms with Crippen LogP contribution >= 0.6 is 0 Å². The van der Waals surface area contributed by atoms with Gasteiger partial charge in [-0.25, -0.2) is 0 Å². The summed E-state index contributed by atoms with van der Waals surface area (Å²) in [6.07, 6.45) is 0.571. The van der Waals surface area contributed by atoms with Crippen LogP contribution in [-0.4, -0.2) is 31.4 Å². The summed E-state index contributed by atoms with van der Waals surface area (Å²) in [7, 11) is 1.58. The van der Waals surface area contributed by atoms with Crippen LogP contribution in [0.25, 0.3) is 0 Å². The van der Waals surface area contributed by atoms with E-state index in [0.717, 1.165) is 5.69 Å². The van der Waals surface area contributed by atoms with Crippen molar-refractivity contribution in [3.05, 3.63) is 48.5 Å². The van der Waals surface area contributed by atoms with Crippen LogP contribution < -0.4 is 20.3 Å². The van der Waals surface area contributed by atoms with E-state index in [1.807, 2.05) is 0 Å². The van der Waals surface area contributed by atoms with E-state index < -0.39 is 5.92 Å². The fourth-order valence-electron chi connectivity index (χ4n) is 3.03. The van der Waals surface area contributed by atoms with Crippen molar-refractivity contribution in [2.75, 3.05) is 29.2 Å². The largest absolute Gasteiger partial charge is 0.497 e. The monoisotopic (exact) mass is 381 g/mol. The Kier molecular flexibility index (Phi) is 5.93. The van der Waals surface area contributed by atoms with Gasteiger partial charge in [0.15, 0.2) is 0 Å². The van der Waals surface area contributed by atoms with Crippen LogP contribution in [0.1, 0.15) is 19.8 Å². The van der Waals surface area contributed by atoms with E-state index in [2.05, 4.69) is 10.6 Å². The molecular formula is C21H23N3O4. The van der Waals surface area contributed by atoms with Gasteiger partial charge in [0.2, 0.25) is 17.7 Å². The Morgan fingerprint density at radius 3 is 2.21 bits per heavy atom. The van der Waals surface area contributed by atoms with E-state index in [9.17, 15) is 14.4 Å². The molecule has 0 aliphatic carbocycles. The number of nitrogens with zero attached hydrogens (tertiary/aromatic N) is 1. The summed E-state index contributed by atoms with van der Waals surface area (Å²) >= 11 is 0. The minimum atomic E-state index is -0.422. The number of benzene rings is 2. The molecule has 3 amide bonds. The zero-order chi connectivity index (χ0) is 20.1. The van der Waals surface area contributed by atoms with Crippen molar-refractivity contribution < 1.29 is 19.1 Å². The van der Waals surface area contributed by atoms with Gasteiger partial charge in [-0.2, -0.15) is 0 Å². The number of rotatable bonds is 6. The highest BCUT2D eigenvalue weighted by molar-refractivity contribution is 6.03. The fourth-order valence-corrected chi connectivity index (χ4v) is 3.03. The molecule has 3 rings (SSSR count). The van der Waals surface area contributed by atoms with Crippen molar-refractivity contribution >= 4 is 34.8 Å². The quantitative estimate of drug-likeness (QED) is 0.805. The summed E-state index contributed by atoms with van der Waals surface area (Å²) in [5, 5.41) is 5.59. The number of carbonyl (C=O) groups excluding carboxylic acids is 3. The van der Waals surface area contributed by atoms with Gasteiger partial charge in [0.25, 0.3) is 0 Å². The highest BCUT2D eigenvalue weighted by Gasteiger charge is 2.35. The molecule has 0 aromatic heterocycles. The smallest absolute Gasteiger partial charge is 0.229 e. The average Bonchev–Trinajstić information content (AvgIpc) is 3.11. The zero-order valence-electron chi connectivity index (χ0n) is 15.9. The molecule has 1 unspecified atom stereocenters. The molecule has 146 valence electrons. The third-order valence-corrected chi connectivity index (χ3v) is 4.64. The van der Waals surface area contributed by atoms with E-state index in [1.165, 1.54) is 0 Å².